The number of likely N-dealkylation sites (tertiary alicyclic amines) is 1. The quantitative estimate of drug-likeness (QED) is 0.614. The summed E-state index contributed by atoms with van der Waals surface area (Å²) >= 11 is 3.33. The Morgan fingerprint density at radius 1 is 1.15 bits per heavy atom. The second kappa shape index (κ2) is 5.13. The van der Waals surface area contributed by atoms with E-state index in [9.17, 15) is 14.0 Å². The maximum absolute atomic E-state index is 13.3. The van der Waals surface area contributed by atoms with Crippen molar-refractivity contribution in [3.8, 4) is 0 Å². The van der Waals surface area contributed by atoms with Crippen molar-refractivity contribution in [2.24, 2.45) is 11.8 Å². The molecule has 1 fully saturated rings. The second-order valence-electron chi connectivity index (χ2n) is 5.15. The third kappa shape index (κ3) is 2.20. The molecule has 20 heavy (non-hydrogen) atoms. The standard InChI is InChI=1S/C15H13BrFNO2/c16-13-6-5-10(17)7-9(13)8-18-14(19)11-3-1-2-4-12(11)15(18)20/h1-2,5-7,11-12H,3-4,8H2. The van der Waals surface area contributed by atoms with Gasteiger partial charge in [0.05, 0.1) is 18.4 Å². The Hall–Kier alpha value is -1.49. The minimum Gasteiger partial charge on any atom is -0.278 e. The van der Waals surface area contributed by atoms with Crippen LogP contribution in [-0.4, -0.2) is 16.7 Å². The summed E-state index contributed by atoms with van der Waals surface area (Å²) in [5.41, 5.74) is 0.610. The molecule has 0 saturated carbocycles. The summed E-state index contributed by atoms with van der Waals surface area (Å²) in [6.45, 7) is 0.128. The van der Waals surface area contributed by atoms with Gasteiger partial charge in [-0.25, -0.2) is 4.39 Å². The van der Waals surface area contributed by atoms with Crippen LogP contribution in [0.25, 0.3) is 0 Å². The number of nitrogens with zero attached hydrogens (tertiary/aromatic N) is 1. The number of hydrogen-bond donors (Lipinski definition) is 0. The Kier molecular flexibility index (Phi) is 3.46. The highest BCUT2D eigenvalue weighted by molar-refractivity contribution is 9.10. The number of imide groups is 1. The summed E-state index contributed by atoms with van der Waals surface area (Å²) in [6.07, 6.45) is 5.15. The summed E-state index contributed by atoms with van der Waals surface area (Å²) in [4.78, 5) is 25.9. The van der Waals surface area contributed by atoms with Crippen LogP contribution in [0.5, 0.6) is 0 Å². The maximum Gasteiger partial charge on any atom is 0.233 e. The number of allylic oxidation sites excluding steroid dienone is 2. The molecule has 5 heteroatoms. The van der Waals surface area contributed by atoms with Gasteiger partial charge in [-0.3, -0.25) is 14.5 Å². The second-order valence-corrected chi connectivity index (χ2v) is 6.01. The Morgan fingerprint density at radius 2 is 1.75 bits per heavy atom. The molecule has 1 heterocycles. The lowest BCUT2D eigenvalue weighted by Gasteiger charge is -2.15. The fourth-order valence-electron chi connectivity index (χ4n) is 2.86. The lowest BCUT2D eigenvalue weighted by atomic mass is 9.85. The van der Waals surface area contributed by atoms with E-state index in [-0.39, 0.29) is 36.0 Å². The Labute approximate surface area is 124 Å². The summed E-state index contributed by atoms with van der Waals surface area (Å²) < 4.78 is 14.0. The number of benzene rings is 1. The monoisotopic (exact) mass is 337 g/mol. The number of hydrogen-bond acceptors (Lipinski definition) is 2. The van der Waals surface area contributed by atoms with Crippen molar-refractivity contribution in [3.63, 3.8) is 0 Å². The molecule has 1 aliphatic carbocycles. The third-order valence-corrected chi connectivity index (χ3v) is 4.71. The van der Waals surface area contributed by atoms with Crippen molar-refractivity contribution < 1.29 is 14.0 Å². The molecule has 1 aromatic rings. The van der Waals surface area contributed by atoms with Gasteiger partial charge >= 0.3 is 0 Å². The zero-order valence-corrected chi connectivity index (χ0v) is 12.3. The third-order valence-electron chi connectivity index (χ3n) is 3.94. The zero-order chi connectivity index (χ0) is 14.3. The van der Waals surface area contributed by atoms with Crippen molar-refractivity contribution in [2.45, 2.75) is 19.4 Å². The zero-order valence-electron chi connectivity index (χ0n) is 10.7. The van der Waals surface area contributed by atoms with Gasteiger partial charge in [0.2, 0.25) is 11.8 Å². The highest BCUT2D eigenvalue weighted by atomic mass is 79.9. The first-order chi connectivity index (χ1) is 9.58. The van der Waals surface area contributed by atoms with Gasteiger partial charge in [0.1, 0.15) is 5.82 Å². The molecule has 0 spiro atoms. The summed E-state index contributed by atoms with van der Waals surface area (Å²) in [5, 5.41) is 0. The molecule has 2 amide bonds. The van der Waals surface area contributed by atoms with Crippen LogP contribution < -0.4 is 0 Å². The van der Waals surface area contributed by atoms with E-state index in [1.807, 2.05) is 12.2 Å². The van der Waals surface area contributed by atoms with Crippen LogP contribution in [0.2, 0.25) is 0 Å². The predicted molar refractivity (Wildman–Crippen MR) is 75.0 cm³/mol. The molecule has 2 atom stereocenters. The molecule has 0 N–H and O–H groups in total. The van der Waals surface area contributed by atoms with Gasteiger partial charge in [0.25, 0.3) is 0 Å². The molecule has 0 bridgehead atoms. The summed E-state index contributed by atoms with van der Waals surface area (Å²) in [5.74, 6) is -1.12. The Balaban J connectivity index is 1.86. The lowest BCUT2D eigenvalue weighted by Crippen LogP contribution is -2.30. The number of carbonyl (C=O) groups excluding carboxylic acids is 2. The van der Waals surface area contributed by atoms with Gasteiger partial charge in [-0.1, -0.05) is 28.1 Å². The van der Waals surface area contributed by atoms with Crippen LogP contribution in [0.4, 0.5) is 4.39 Å². The van der Waals surface area contributed by atoms with E-state index >= 15 is 0 Å². The molecule has 2 unspecified atom stereocenters. The van der Waals surface area contributed by atoms with E-state index in [0.29, 0.717) is 22.9 Å². The van der Waals surface area contributed by atoms with Gasteiger partial charge in [0, 0.05) is 4.47 Å². The van der Waals surface area contributed by atoms with Gasteiger partial charge < -0.3 is 0 Å². The largest absolute Gasteiger partial charge is 0.278 e. The van der Waals surface area contributed by atoms with Crippen molar-refractivity contribution in [3.05, 3.63) is 46.2 Å². The first-order valence-corrected chi connectivity index (χ1v) is 7.31. The Bertz CT molecular complexity index is 588. The predicted octanol–water partition coefficient (Wildman–Crippen LogP) is 3.04. The molecule has 2 aliphatic rings. The molecule has 3 rings (SSSR count). The van der Waals surface area contributed by atoms with Crippen LogP contribution in [0, 0.1) is 17.7 Å². The van der Waals surface area contributed by atoms with E-state index in [0.717, 1.165) is 0 Å². The number of halogens is 2. The SMILES string of the molecule is O=C1C2CC=CCC2C(=O)N1Cc1cc(F)ccc1Br. The molecular weight excluding hydrogens is 325 g/mol. The van der Waals surface area contributed by atoms with Crippen LogP contribution >= 0.6 is 15.9 Å². The highest BCUT2D eigenvalue weighted by Gasteiger charge is 2.47. The van der Waals surface area contributed by atoms with Crippen LogP contribution in [0.3, 0.4) is 0 Å². The average molecular weight is 338 g/mol. The smallest absolute Gasteiger partial charge is 0.233 e. The van der Waals surface area contributed by atoms with Crippen LogP contribution in [0.15, 0.2) is 34.8 Å². The molecule has 0 aromatic heterocycles. The van der Waals surface area contributed by atoms with E-state index < -0.39 is 0 Å². The number of amides is 2. The van der Waals surface area contributed by atoms with Gasteiger partial charge in [-0.2, -0.15) is 0 Å². The van der Waals surface area contributed by atoms with Gasteiger partial charge in [-0.05, 0) is 36.6 Å². The van der Waals surface area contributed by atoms with Crippen molar-refractivity contribution >= 4 is 27.7 Å². The summed E-state index contributed by atoms with van der Waals surface area (Å²) in [6, 6.07) is 4.28. The lowest BCUT2D eigenvalue weighted by molar-refractivity contribution is -0.140. The molecule has 1 saturated heterocycles. The van der Waals surface area contributed by atoms with Gasteiger partial charge in [-0.15, -0.1) is 0 Å². The topological polar surface area (TPSA) is 37.4 Å². The van der Waals surface area contributed by atoms with E-state index in [1.165, 1.54) is 17.0 Å². The first kappa shape index (κ1) is 13.5. The maximum atomic E-state index is 13.3. The summed E-state index contributed by atoms with van der Waals surface area (Å²) in [7, 11) is 0. The minimum atomic E-state index is -0.374. The molecule has 0 radical (unpaired) electrons. The first-order valence-electron chi connectivity index (χ1n) is 6.52. The molecule has 3 nitrogen and oxygen atoms in total. The van der Waals surface area contributed by atoms with Crippen molar-refractivity contribution in [1.82, 2.24) is 4.90 Å². The van der Waals surface area contributed by atoms with Crippen LogP contribution in [0.1, 0.15) is 18.4 Å². The fourth-order valence-corrected chi connectivity index (χ4v) is 3.23. The number of rotatable bonds is 2. The fraction of sp³-hybridized carbons (Fsp3) is 0.333. The normalized spacial score (nSPS) is 25.2. The van der Waals surface area contributed by atoms with E-state index in [2.05, 4.69) is 15.9 Å². The number of carbonyl (C=O) groups is 2. The number of fused-ring (bicyclic) bond motifs is 1. The molecular formula is C15H13BrFNO2. The minimum absolute atomic E-state index is 0.128. The Morgan fingerprint density at radius 3 is 2.35 bits per heavy atom. The van der Waals surface area contributed by atoms with Gasteiger partial charge in [0.15, 0.2) is 0 Å². The van der Waals surface area contributed by atoms with Crippen LogP contribution in [-0.2, 0) is 16.1 Å². The average Bonchev–Trinajstić information content (AvgIpc) is 2.68. The molecule has 104 valence electrons. The van der Waals surface area contributed by atoms with E-state index in [4.69, 9.17) is 0 Å². The van der Waals surface area contributed by atoms with Crippen molar-refractivity contribution in [2.75, 3.05) is 0 Å². The van der Waals surface area contributed by atoms with Crippen molar-refractivity contribution in [1.29, 1.82) is 0 Å². The molecule has 1 aliphatic heterocycles. The molecule has 1 aromatic carbocycles. The van der Waals surface area contributed by atoms with E-state index in [1.54, 1.807) is 6.07 Å². The highest BCUT2D eigenvalue weighted by Crippen LogP contribution is 2.36.